The second-order valence-corrected chi connectivity index (χ2v) is 6.31. The number of likely N-dealkylation sites (N-methyl/N-ethyl adjacent to an activating group) is 1. The minimum Gasteiger partial charge on any atom is -0.357 e. The van der Waals surface area contributed by atoms with E-state index in [0.29, 0.717) is 6.54 Å². The number of guanidine groups is 1. The Morgan fingerprint density at radius 1 is 1.38 bits per heavy atom. The van der Waals surface area contributed by atoms with Gasteiger partial charge in [0.15, 0.2) is 5.96 Å². The van der Waals surface area contributed by atoms with E-state index in [0.717, 1.165) is 37.5 Å². The molecule has 7 nitrogen and oxygen atoms in total. The summed E-state index contributed by atoms with van der Waals surface area (Å²) in [6.07, 6.45) is 7.02. The molecule has 0 aromatic carbocycles. The van der Waals surface area contributed by atoms with E-state index in [2.05, 4.69) is 39.2 Å². The lowest BCUT2D eigenvalue weighted by Crippen LogP contribution is -2.40. The van der Waals surface area contributed by atoms with Crippen LogP contribution >= 0.6 is 24.0 Å². The summed E-state index contributed by atoms with van der Waals surface area (Å²) >= 11 is 0. The third kappa shape index (κ3) is 6.19. The summed E-state index contributed by atoms with van der Waals surface area (Å²) in [5.74, 6) is 1.86. The number of nitrogens with one attached hydrogen (secondary N) is 1. The first kappa shape index (κ1) is 21.1. The van der Waals surface area contributed by atoms with E-state index < -0.39 is 0 Å². The van der Waals surface area contributed by atoms with Gasteiger partial charge in [-0.1, -0.05) is 12.8 Å². The Hall–Kier alpha value is -0.900. The average Bonchev–Trinajstić information content (AvgIpc) is 3.19. The number of hydrogen-bond donors (Lipinski definition) is 1. The van der Waals surface area contributed by atoms with Crippen LogP contribution in [0.5, 0.6) is 0 Å². The van der Waals surface area contributed by atoms with E-state index >= 15 is 0 Å². The molecule has 1 aromatic heterocycles. The van der Waals surface area contributed by atoms with Crippen molar-refractivity contribution in [3.63, 3.8) is 0 Å². The van der Waals surface area contributed by atoms with E-state index in [-0.39, 0.29) is 24.0 Å². The maximum atomic E-state index is 4.77. The van der Waals surface area contributed by atoms with E-state index in [1.165, 1.54) is 25.7 Å². The molecule has 2 rings (SSSR count). The molecule has 1 heterocycles. The maximum absolute atomic E-state index is 4.77. The Labute approximate surface area is 162 Å². The molecule has 1 aromatic rings. The van der Waals surface area contributed by atoms with Gasteiger partial charge in [0.25, 0.3) is 0 Å². The highest BCUT2D eigenvalue weighted by atomic mass is 127. The summed E-state index contributed by atoms with van der Waals surface area (Å²) in [6, 6.07) is 0.754. The molecule has 1 aliphatic rings. The summed E-state index contributed by atoms with van der Waals surface area (Å²) in [4.78, 5) is 13.6. The van der Waals surface area contributed by atoms with Gasteiger partial charge in [-0.2, -0.15) is 5.10 Å². The molecule has 0 bridgehead atoms. The lowest BCUT2D eigenvalue weighted by atomic mass is 10.2. The monoisotopic (exact) mass is 449 g/mol. The Morgan fingerprint density at radius 3 is 2.67 bits per heavy atom. The second-order valence-electron chi connectivity index (χ2n) is 6.31. The van der Waals surface area contributed by atoms with Gasteiger partial charge in [0, 0.05) is 33.2 Å². The molecular weight excluding hydrogens is 417 g/mol. The van der Waals surface area contributed by atoms with Crippen LogP contribution in [0.1, 0.15) is 38.4 Å². The first-order chi connectivity index (χ1) is 11.1. The summed E-state index contributed by atoms with van der Waals surface area (Å²) in [7, 11) is 6.18. The van der Waals surface area contributed by atoms with Crippen molar-refractivity contribution in [2.24, 2.45) is 12.0 Å². The zero-order chi connectivity index (χ0) is 16.7. The van der Waals surface area contributed by atoms with Gasteiger partial charge >= 0.3 is 0 Å². The fourth-order valence-electron chi connectivity index (χ4n) is 3.06. The minimum atomic E-state index is 0. The molecule has 0 saturated heterocycles. The molecule has 8 heteroatoms. The zero-order valence-corrected chi connectivity index (χ0v) is 17.7. The van der Waals surface area contributed by atoms with Crippen molar-refractivity contribution in [2.45, 2.75) is 45.2 Å². The van der Waals surface area contributed by atoms with Crippen molar-refractivity contribution in [1.29, 1.82) is 0 Å². The zero-order valence-electron chi connectivity index (χ0n) is 15.4. The Morgan fingerprint density at radius 2 is 2.08 bits per heavy atom. The first-order valence-electron chi connectivity index (χ1n) is 8.64. The van der Waals surface area contributed by atoms with Crippen LogP contribution in [0, 0.1) is 0 Å². The Balaban J connectivity index is 0.00000288. The van der Waals surface area contributed by atoms with Gasteiger partial charge in [-0.15, -0.1) is 24.0 Å². The highest BCUT2D eigenvalue weighted by Gasteiger charge is 2.19. The predicted octanol–water partition coefficient (Wildman–Crippen LogP) is 1.70. The van der Waals surface area contributed by atoms with Crippen LogP contribution in [0.3, 0.4) is 0 Å². The number of nitrogens with zero attached hydrogens (tertiary/aromatic N) is 6. The standard InChI is InChI=1S/C16H31N7.HI/c1-5-17-16(22(3)12-15-19-13-20-23(15)4)18-10-11-21(2)14-8-6-7-9-14;/h13-14H,5-12H2,1-4H3,(H,17,18);1H. The third-order valence-electron chi connectivity index (χ3n) is 4.54. The smallest absolute Gasteiger partial charge is 0.194 e. The lowest BCUT2D eigenvalue weighted by Gasteiger charge is -2.24. The van der Waals surface area contributed by atoms with Crippen LogP contribution in [0.15, 0.2) is 11.3 Å². The molecule has 0 spiro atoms. The largest absolute Gasteiger partial charge is 0.357 e. The van der Waals surface area contributed by atoms with Crippen LogP contribution in [0.2, 0.25) is 0 Å². The average molecular weight is 449 g/mol. The van der Waals surface area contributed by atoms with E-state index in [1.54, 1.807) is 11.0 Å². The number of hydrogen-bond acceptors (Lipinski definition) is 4. The fourth-order valence-corrected chi connectivity index (χ4v) is 3.06. The molecule has 24 heavy (non-hydrogen) atoms. The van der Waals surface area contributed by atoms with Gasteiger partial charge in [-0.05, 0) is 26.8 Å². The number of halogens is 1. The summed E-state index contributed by atoms with van der Waals surface area (Å²) < 4.78 is 1.80. The predicted molar refractivity (Wildman–Crippen MR) is 109 cm³/mol. The van der Waals surface area contributed by atoms with Crippen molar-refractivity contribution in [3.8, 4) is 0 Å². The fraction of sp³-hybridized carbons (Fsp3) is 0.812. The molecule has 1 saturated carbocycles. The summed E-state index contributed by atoms with van der Waals surface area (Å²) in [5, 5.41) is 7.47. The van der Waals surface area contributed by atoms with Crippen LogP contribution < -0.4 is 5.32 Å². The van der Waals surface area contributed by atoms with Crippen molar-refractivity contribution < 1.29 is 0 Å². The van der Waals surface area contributed by atoms with Crippen molar-refractivity contribution >= 4 is 29.9 Å². The minimum absolute atomic E-state index is 0. The SMILES string of the molecule is CCNC(=NCCN(C)C1CCCC1)N(C)Cc1ncnn1C.I. The lowest BCUT2D eigenvalue weighted by molar-refractivity contribution is 0.252. The van der Waals surface area contributed by atoms with Gasteiger partial charge < -0.3 is 15.1 Å². The summed E-state index contributed by atoms with van der Waals surface area (Å²) in [5.41, 5.74) is 0. The van der Waals surface area contributed by atoms with Crippen molar-refractivity contribution in [2.75, 3.05) is 33.7 Å². The molecule has 1 aliphatic carbocycles. The van der Waals surface area contributed by atoms with E-state index in [9.17, 15) is 0 Å². The third-order valence-corrected chi connectivity index (χ3v) is 4.54. The Kier molecular flexibility index (Phi) is 9.57. The van der Waals surface area contributed by atoms with Gasteiger partial charge in [0.1, 0.15) is 12.2 Å². The van der Waals surface area contributed by atoms with Crippen LogP contribution in [-0.4, -0.2) is 70.3 Å². The highest BCUT2D eigenvalue weighted by Crippen LogP contribution is 2.21. The first-order valence-corrected chi connectivity index (χ1v) is 8.64. The van der Waals surface area contributed by atoms with Gasteiger partial charge in [0.05, 0.1) is 13.1 Å². The molecule has 138 valence electrons. The van der Waals surface area contributed by atoms with Gasteiger partial charge in [0.2, 0.25) is 0 Å². The normalized spacial score (nSPS) is 15.6. The number of aryl methyl sites for hydroxylation is 1. The molecule has 0 amide bonds. The molecule has 1 fully saturated rings. The van der Waals surface area contributed by atoms with E-state index in [4.69, 9.17) is 4.99 Å². The van der Waals surface area contributed by atoms with Crippen molar-refractivity contribution in [3.05, 3.63) is 12.2 Å². The molecule has 0 aliphatic heterocycles. The number of rotatable bonds is 7. The van der Waals surface area contributed by atoms with Crippen LogP contribution in [0.25, 0.3) is 0 Å². The maximum Gasteiger partial charge on any atom is 0.194 e. The number of aromatic nitrogens is 3. The van der Waals surface area contributed by atoms with Crippen LogP contribution in [-0.2, 0) is 13.6 Å². The summed E-state index contributed by atoms with van der Waals surface area (Å²) in [6.45, 7) is 5.48. The van der Waals surface area contributed by atoms with Crippen molar-refractivity contribution in [1.82, 2.24) is 29.9 Å². The van der Waals surface area contributed by atoms with Crippen LogP contribution in [0.4, 0.5) is 0 Å². The molecule has 0 radical (unpaired) electrons. The second kappa shape index (κ2) is 10.9. The van der Waals surface area contributed by atoms with Gasteiger partial charge in [-0.3, -0.25) is 9.67 Å². The Bertz CT molecular complexity index is 496. The van der Waals surface area contributed by atoms with E-state index in [1.807, 2.05) is 14.1 Å². The molecule has 0 atom stereocenters. The highest BCUT2D eigenvalue weighted by molar-refractivity contribution is 14.0. The quantitative estimate of drug-likeness (QED) is 0.390. The molecule has 0 unspecified atom stereocenters. The number of aliphatic imine (C=N–C) groups is 1. The topological polar surface area (TPSA) is 61.6 Å². The molecular formula is C16H32IN7. The van der Waals surface area contributed by atoms with Gasteiger partial charge in [-0.25, -0.2) is 4.98 Å². The molecule has 1 N–H and O–H groups in total.